The van der Waals surface area contributed by atoms with E-state index < -0.39 is 0 Å². The highest BCUT2D eigenvalue weighted by Crippen LogP contribution is 2.30. The number of benzene rings is 2. The van der Waals surface area contributed by atoms with Gasteiger partial charge in [0.2, 0.25) is 5.28 Å². The van der Waals surface area contributed by atoms with Crippen LogP contribution in [0.2, 0.25) is 5.28 Å². The molecule has 0 spiro atoms. The van der Waals surface area contributed by atoms with Gasteiger partial charge in [-0.25, -0.2) is 4.98 Å². The summed E-state index contributed by atoms with van der Waals surface area (Å²) in [6.45, 7) is 0. The predicted octanol–water partition coefficient (Wildman–Crippen LogP) is 4.04. The summed E-state index contributed by atoms with van der Waals surface area (Å²) >= 11 is 5.97. The van der Waals surface area contributed by atoms with Crippen LogP contribution in [0.1, 0.15) is 0 Å². The van der Waals surface area contributed by atoms with Crippen molar-refractivity contribution in [3.8, 4) is 5.75 Å². The van der Waals surface area contributed by atoms with Gasteiger partial charge in [-0.3, -0.25) is 0 Å². The first-order valence-corrected chi connectivity index (χ1v) is 6.48. The average molecular weight is 286 g/mol. The second kappa shape index (κ2) is 5.35. The summed E-state index contributed by atoms with van der Waals surface area (Å²) in [5.41, 5.74) is 1.62. The molecule has 1 aromatic heterocycles. The van der Waals surface area contributed by atoms with Crippen LogP contribution < -0.4 is 10.1 Å². The van der Waals surface area contributed by atoms with Crippen molar-refractivity contribution < 1.29 is 4.74 Å². The highest BCUT2D eigenvalue weighted by atomic mass is 35.5. The summed E-state index contributed by atoms with van der Waals surface area (Å²) in [4.78, 5) is 8.46. The van der Waals surface area contributed by atoms with E-state index >= 15 is 0 Å². The van der Waals surface area contributed by atoms with Crippen LogP contribution in [0, 0.1) is 0 Å². The Kier molecular flexibility index (Phi) is 3.39. The van der Waals surface area contributed by atoms with Crippen molar-refractivity contribution in [2.75, 3.05) is 12.4 Å². The van der Waals surface area contributed by atoms with Gasteiger partial charge < -0.3 is 10.1 Å². The Labute approximate surface area is 121 Å². The quantitative estimate of drug-likeness (QED) is 0.738. The van der Waals surface area contributed by atoms with Crippen LogP contribution in [0.4, 0.5) is 11.5 Å². The molecule has 0 saturated heterocycles. The third-order valence-electron chi connectivity index (χ3n) is 2.94. The van der Waals surface area contributed by atoms with Crippen molar-refractivity contribution in [2.45, 2.75) is 0 Å². The van der Waals surface area contributed by atoms with Crippen LogP contribution in [-0.4, -0.2) is 17.1 Å². The van der Waals surface area contributed by atoms with Gasteiger partial charge in [-0.2, -0.15) is 4.98 Å². The number of nitrogens with zero attached hydrogens (tertiary/aromatic N) is 2. The summed E-state index contributed by atoms with van der Waals surface area (Å²) in [7, 11) is 1.63. The number of aromatic nitrogens is 2. The molecule has 4 nitrogen and oxygen atoms in total. The number of halogens is 1. The van der Waals surface area contributed by atoms with Gasteiger partial charge in [-0.1, -0.05) is 24.3 Å². The number of hydrogen-bond donors (Lipinski definition) is 1. The largest absolute Gasteiger partial charge is 0.495 e. The molecule has 0 atom stereocenters. The van der Waals surface area contributed by atoms with Crippen molar-refractivity contribution in [3.63, 3.8) is 0 Å². The molecule has 1 heterocycles. The molecule has 5 heteroatoms. The molecule has 20 heavy (non-hydrogen) atoms. The molecule has 0 bridgehead atoms. The third-order valence-corrected chi connectivity index (χ3v) is 3.11. The molecule has 1 N–H and O–H groups in total. The number of methoxy groups -OCH3 is 1. The van der Waals surface area contributed by atoms with E-state index in [-0.39, 0.29) is 5.28 Å². The molecule has 0 saturated carbocycles. The molecule has 3 aromatic rings. The zero-order chi connectivity index (χ0) is 13.9. The minimum absolute atomic E-state index is 0.209. The normalized spacial score (nSPS) is 10.5. The number of ether oxygens (including phenoxy) is 1. The van der Waals surface area contributed by atoms with Crippen LogP contribution in [0.15, 0.2) is 48.5 Å². The summed E-state index contributed by atoms with van der Waals surface area (Å²) in [5.74, 6) is 1.40. The fourth-order valence-electron chi connectivity index (χ4n) is 2.02. The minimum atomic E-state index is 0.209. The van der Waals surface area contributed by atoms with Crippen molar-refractivity contribution >= 4 is 34.0 Å². The topological polar surface area (TPSA) is 47.0 Å². The lowest BCUT2D eigenvalue weighted by molar-refractivity contribution is 0.417. The second-order valence-electron chi connectivity index (χ2n) is 4.18. The number of hydrogen-bond acceptors (Lipinski definition) is 4. The molecule has 0 aliphatic carbocycles. The van der Waals surface area contributed by atoms with Crippen LogP contribution in [0.5, 0.6) is 5.75 Å². The Morgan fingerprint density at radius 1 is 1.00 bits per heavy atom. The van der Waals surface area contributed by atoms with E-state index in [2.05, 4.69) is 15.3 Å². The summed E-state index contributed by atoms with van der Waals surface area (Å²) in [5, 5.41) is 4.36. The van der Waals surface area contributed by atoms with Crippen LogP contribution in [-0.2, 0) is 0 Å². The maximum Gasteiger partial charge on any atom is 0.224 e. The van der Waals surface area contributed by atoms with Gasteiger partial charge >= 0.3 is 0 Å². The predicted molar refractivity (Wildman–Crippen MR) is 80.8 cm³/mol. The Bertz CT molecular complexity index is 761. The maximum atomic E-state index is 5.97. The summed E-state index contributed by atoms with van der Waals surface area (Å²) in [6, 6.07) is 15.3. The fourth-order valence-corrected chi connectivity index (χ4v) is 2.19. The lowest BCUT2D eigenvalue weighted by atomic mass is 10.2. The van der Waals surface area contributed by atoms with Gasteiger partial charge in [0.1, 0.15) is 11.6 Å². The monoisotopic (exact) mass is 285 g/mol. The number of nitrogens with one attached hydrogen (secondary N) is 1. The van der Waals surface area contributed by atoms with Gasteiger partial charge in [0.15, 0.2) is 0 Å². The van der Waals surface area contributed by atoms with E-state index in [9.17, 15) is 0 Å². The molecule has 2 aromatic carbocycles. The van der Waals surface area contributed by atoms with Gasteiger partial charge in [0, 0.05) is 5.39 Å². The molecule has 0 radical (unpaired) electrons. The Hall–Kier alpha value is -2.33. The molecular formula is C15H12ClN3O. The van der Waals surface area contributed by atoms with Crippen LogP contribution in [0.3, 0.4) is 0 Å². The van der Waals surface area contributed by atoms with Gasteiger partial charge in [0.05, 0.1) is 18.3 Å². The van der Waals surface area contributed by atoms with Crippen LogP contribution >= 0.6 is 11.6 Å². The first kappa shape index (κ1) is 12.7. The van der Waals surface area contributed by atoms with E-state index in [0.29, 0.717) is 5.82 Å². The third kappa shape index (κ3) is 2.38. The smallest absolute Gasteiger partial charge is 0.224 e. The zero-order valence-corrected chi connectivity index (χ0v) is 11.6. The summed E-state index contributed by atoms with van der Waals surface area (Å²) in [6.07, 6.45) is 0. The minimum Gasteiger partial charge on any atom is -0.495 e. The van der Waals surface area contributed by atoms with E-state index in [1.165, 1.54) is 0 Å². The van der Waals surface area contributed by atoms with Crippen molar-refractivity contribution in [1.29, 1.82) is 0 Å². The lowest BCUT2D eigenvalue weighted by Gasteiger charge is -2.12. The van der Waals surface area contributed by atoms with Crippen LogP contribution in [0.25, 0.3) is 10.9 Å². The summed E-state index contributed by atoms with van der Waals surface area (Å²) < 4.78 is 5.32. The highest BCUT2D eigenvalue weighted by molar-refractivity contribution is 6.28. The van der Waals surface area contributed by atoms with Gasteiger partial charge in [-0.15, -0.1) is 0 Å². The molecule has 0 amide bonds. The van der Waals surface area contributed by atoms with E-state index in [1.807, 2.05) is 48.5 Å². The molecule has 3 rings (SSSR count). The molecule has 0 fully saturated rings. The molecule has 0 aliphatic heterocycles. The molecular weight excluding hydrogens is 274 g/mol. The first-order chi connectivity index (χ1) is 9.78. The zero-order valence-electron chi connectivity index (χ0n) is 10.8. The van der Waals surface area contributed by atoms with E-state index in [0.717, 1.165) is 22.3 Å². The SMILES string of the molecule is COc1ccccc1Nc1nc(Cl)nc2ccccc12. The average Bonchev–Trinajstić information content (AvgIpc) is 2.47. The van der Waals surface area contributed by atoms with Crippen molar-refractivity contribution in [2.24, 2.45) is 0 Å². The molecule has 100 valence electrons. The Morgan fingerprint density at radius 2 is 1.75 bits per heavy atom. The van der Waals surface area contributed by atoms with Crippen molar-refractivity contribution in [3.05, 3.63) is 53.8 Å². The van der Waals surface area contributed by atoms with E-state index in [4.69, 9.17) is 16.3 Å². The second-order valence-corrected chi connectivity index (χ2v) is 4.52. The van der Waals surface area contributed by atoms with Gasteiger partial charge in [0.25, 0.3) is 0 Å². The lowest BCUT2D eigenvalue weighted by Crippen LogP contribution is -1.99. The number of fused-ring (bicyclic) bond motifs is 1. The Balaban J connectivity index is 2.10. The van der Waals surface area contributed by atoms with E-state index in [1.54, 1.807) is 7.11 Å². The molecule has 0 aliphatic rings. The standard InChI is InChI=1S/C15H12ClN3O/c1-20-13-9-5-4-8-12(13)17-14-10-6-2-3-7-11(10)18-15(16)19-14/h2-9H,1H3,(H,17,18,19). The number of rotatable bonds is 3. The van der Waals surface area contributed by atoms with Gasteiger partial charge in [-0.05, 0) is 35.9 Å². The highest BCUT2D eigenvalue weighted by Gasteiger charge is 2.08. The Morgan fingerprint density at radius 3 is 2.60 bits per heavy atom. The maximum absolute atomic E-state index is 5.97. The first-order valence-electron chi connectivity index (χ1n) is 6.10. The number of para-hydroxylation sites is 3. The number of anilines is 2. The fraction of sp³-hybridized carbons (Fsp3) is 0.0667. The molecule has 0 unspecified atom stereocenters. The van der Waals surface area contributed by atoms with Crippen molar-refractivity contribution in [1.82, 2.24) is 9.97 Å².